The molecular weight excluding hydrogens is 312 g/mol. The van der Waals surface area contributed by atoms with Gasteiger partial charge in [0.05, 0.1) is 13.2 Å². The molecule has 2 fully saturated rings. The summed E-state index contributed by atoms with van der Waals surface area (Å²) < 4.78 is 10.1. The molecule has 2 heterocycles. The number of aliphatic hydroxyl groups excluding tert-OH is 1. The van der Waals surface area contributed by atoms with E-state index in [0.29, 0.717) is 26.1 Å². The van der Waals surface area contributed by atoms with E-state index in [9.17, 15) is 9.90 Å². The second-order valence-corrected chi connectivity index (χ2v) is 5.97. The summed E-state index contributed by atoms with van der Waals surface area (Å²) in [7, 11) is 0. The Kier molecular flexibility index (Phi) is 9.12. The molecule has 1 N–H and O–H groups in total. The third-order valence-electron chi connectivity index (χ3n) is 3.23. The zero-order valence-electron chi connectivity index (χ0n) is 14.4. The molecule has 0 aromatic carbocycles. The van der Waals surface area contributed by atoms with Crippen molar-refractivity contribution in [2.45, 2.75) is 50.9 Å². The Bertz CT molecular complexity index is 552. The molecule has 6 nitrogen and oxygen atoms in total. The van der Waals surface area contributed by atoms with Crippen molar-refractivity contribution in [3.63, 3.8) is 0 Å². The van der Waals surface area contributed by atoms with Gasteiger partial charge in [0.1, 0.15) is 11.7 Å². The summed E-state index contributed by atoms with van der Waals surface area (Å²) in [6.07, 6.45) is 1.82. The molecule has 0 bridgehead atoms. The number of carbonyl (C=O) groups excluding carboxylic acids is 3. The van der Waals surface area contributed by atoms with E-state index in [2.05, 4.69) is 25.0 Å². The van der Waals surface area contributed by atoms with Gasteiger partial charge >= 0.3 is 6.15 Å². The van der Waals surface area contributed by atoms with Crippen LogP contribution >= 0.6 is 0 Å². The van der Waals surface area contributed by atoms with Gasteiger partial charge in [-0.15, -0.1) is 19.1 Å². The second kappa shape index (κ2) is 9.96. The van der Waals surface area contributed by atoms with Gasteiger partial charge in [-0.05, 0) is 20.8 Å². The van der Waals surface area contributed by atoms with Gasteiger partial charge < -0.3 is 19.4 Å². The van der Waals surface area contributed by atoms with E-state index in [1.807, 2.05) is 13.8 Å². The zero-order valence-corrected chi connectivity index (χ0v) is 14.4. The molecule has 0 aromatic rings. The van der Waals surface area contributed by atoms with E-state index < -0.39 is 17.3 Å². The van der Waals surface area contributed by atoms with Gasteiger partial charge in [-0.2, -0.15) is 9.59 Å². The first-order valence-corrected chi connectivity index (χ1v) is 7.33. The molecule has 0 aliphatic carbocycles. The minimum absolute atomic E-state index is 0.250. The molecule has 0 amide bonds. The summed E-state index contributed by atoms with van der Waals surface area (Å²) in [4.78, 5) is 26.5. The number of hydrogen-bond acceptors (Lipinski definition) is 6. The first kappa shape index (κ1) is 22.0. The van der Waals surface area contributed by atoms with Crippen LogP contribution in [-0.4, -0.2) is 48.1 Å². The number of aliphatic hydroxyl groups is 1. The first-order chi connectivity index (χ1) is 11.2. The van der Waals surface area contributed by atoms with E-state index in [0.717, 1.165) is 17.4 Å². The van der Waals surface area contributed by atoms with Crippen LogP contribution in [-0.2, 0) is 23.9 Å². The topological polar surface area (TPSA) is 96.5 Å². The molecule has 2 aliphatic rings. The van der Waals surface area contributed by atoms with E-state index in [1.165, 1.54) is 0 Å². The summed E-state index contributed by atoms with van der Waals surface area (Å²) in [6, 6.07) is 0. The Balaban J connectivity index is 0.000000390. The molecule has 3 atom stereocenters. The minimum atomic E-state index is -0.667. The largest absolute Gasteiger partial charge is 0.377 e. The van der Waals surface area contributed by atoms with Gasteiger partial charge in [-0.25, -0.2) is 0 Å². The van der Waals surface area contributed by atoms with Crippen molar-refractivity contribution < 1.29 is 29.0 Å². The molecule has 6 heteroatoms. The van der Waals surface area contributed by atoms with E-state index >= 15 is 0 Å². The average molecular weight is 336 g/mol. The van der Waals surface area contributed by atoms with Crippen LogP contribution in [0.25, 0.3) is 0 Å². The van der Waals surface area contributed by atoms with Crippen molar-refractivity contribution in [1.29, 1.82) is 0 Å². The fraction of sp³-hybridized carbons (Fsp3) is 0.556. The van der Waals surface area contributed by atoms with Crippen LogP contribution in [0.1, 0.15) is 33.6 Å². The summed E-state index contributed by atoms with van der Waals surface area (Å²) in [5.41, 5.74) is 1.12. The van der Waals surface area contributed by atoms with Crippen molar-refractivity contribution in [2.75, 3.05) is 13.2 Å². The Labute approximate surface area is 142 Å². The number of epoxide rings is 2. The third kappa shape index (κ3) is 8.00. The highest BCUT2D eigenvalue weighted by Gasteiger charge is 2.50. The van der Waals surface area contributed by atoms with Crippen LogP contribution in [0.3, 0.4) is 0 Å². The summed E-state index contributed by atoms with van der Waals surface area (Å²) >= 11 is 0. The first-order valence-electron chi connectivity index (χ1n) is 7.33. The minimum Gasteiger partial charge on any atom is -0.377 e. The fourth-order valence-corrected chi connectivity index (χ4v) is 2.04. The van der Waals surface area contributed by atoms with Crippen molar-refractivity contribution in [2.24, 2.45) is 0 Å². The summed E-state index contributed by atoms with van der Waals surface area (Å²) in [5.74, 6) is 5.37. The van der Waals surface area contributed by atoms with Gasteiger partial charge in [0.25, 0.3) is 0 Å². The lowest BCUT2D eigenvalue weighted by Gasteiger charge is -2.13. The molecule has 0 spiro atoms. The predicted octanol–water partition coefficient (Wildman–Crippen LogP) is 1.44. The van der Waals surface area contributed by atoms with Crippen LogP contribution in [0.15, 0.2) is 24.3 Å². The van der Waals surface area contributed by atoms with E-state index in [1.54, 1.807) is 6.92 Å². The van der Waals surface area contributed by atoms with Crippen molar-refractivity contribution in [1.82, 2.24) is 0 Å². The lowest BCUT2D eigenvalue weighted by Crippen LogP contribution is -2.28. The van der Waals surface area contributed by atoms with Gasteiger partial charge in [0, 0.05) is 12.8 Å². The molecule has 0 unspecified atom stereocenters. The van der Waals surface area contributed by atoms with Crippen molar-refractivity contribution in [3.05, 3.63) is 24.3 Å². The van der Waals surface area contributed by atoms with E-state index in [4.69, 9.17) is 19.1 Å². The highest BCUT2D eigenvalue weighted by Crippen LogP contribution is 2.36. The lowest BCUT2D eigenvalue weighted by atomic mass is 9.96. The highest BCUT2D eigenvalue weighted by molar-refractivity contribution is 5.66. The maximum atomic E-state index is 10.3. The standard InChI is InChI=1S/C10H14O2.C7H10O2.CO2/c1-4-5-9(11)10(7-12-10)6-8(2)3;1-6(2)3-7(4-8)5-9-7;2-1-3/h9,11H,2,6-7H2,1,3H3;4H,1,3,5H2,2H3;/t9-,10-;7-;/m10./s1. The van der Waals surface area contributed by atoms with Crippen molar-refractivity contribution >= 4 is 12.4 Å². The average Bonchev–Trinajstić information content (AvgIpc) is 3.38. The highest BCUT2D eigenvalue weighted by atomic mass is 16.6. The van der Waals surface area contributed by atoms with Crippen LogP contribution < -0.4 is 0 Å². The van der Waals surface area contributed by atoms with Crippen LogP contribution in [0.2, 0.25) is 0 Å². The number of ether oxygens (including phenoxy) is 2. The number of hydrogen-bond donors (Lipinski definition) is 1. The van der Waals surface area contributed by atoms with Crippen LogP contribution in [0.5, 0.6) is 0 Å². The van der Waals surface area contributed by atoms with Gasteiger partial charge in [-0.3, -0.25) is 0 Å². The fourth-order valence-electron chi connectivity index (χ4n) is 2.04. The molecule has 0 radical (unpaired) electrons. The Morgan fingerprint density at radius 2 is 1.67 bits per heavy atom. The monoisotopic (exact) mass is 336 g/mol. The molecule has 2 aliphatic heterocycles. The molecule has 132 valence electrons. The molecule has 2 rings (SSSR count). The summed E-state index contributed by atoms with van der Waals surface area (Å²) in [6.45, 7) is 14.2. The number of carbonyl (C=O) groups is 1. The molecule has 2 saturated heterocycles. The van der Waals surface area contributed by atoms with Crippen LogP contribution in [0.4, 0.5) is 0 Å². The molecule has 24 heavy (non-hydrogen) atoms. The Hall–Kier alpha value is -2.03. The second-order valence-electron chi connectivity index (χ2n) is 5.97. The van der Waals surface area contributed by atoms with Gasteiger partial charge in [0.15, 0.2) is 11.9 Å². The predicted molar refractivity (Wildman–Crippen MR) is 86.8 cm³/mol. The molecule has 0 aromatic heterocycles. The van der Waals surface area contributed by atoms with Gasteiger partial charge in [0.2, 0.25) is 0 Å². The molecular formula is C18H24O6. The Morgan fingerprint density at radius 3 is 1.88 bits per heavy atom. The smallest absolute Gasteiger partial charge is 0.373 e. The Morgan fingerprint density at radius 1 is 1.21 bits per heavy atom. The lowest BCUT2D eigenvalue weighted by molar-refractivity contribution is -0.191. The van der Waals surface area contributed by atoms with E-state index in [-0.39, 0.29) is 6.15 Å². The van der Waals surface area contributed by atoms with Crippen LogP contribution in [0, 0.1) is 11.8 Å². The van der Waals surface area contributed by atoms with Crippen molar-refractivity contribution in [3.8, 4) is 11.8 Å². The maximum Gasteiger partial charge on any atom is 0.373 e. The molecule has 0 saturated carbocycles. The normalized spacial score (nSPS) is 26.5. The van der Waals surface area contributed by atoms with Gasteiger partial charge in [-0.1, -0.05) is 17.1 Å². The third-order valence-corrected chi connectivity index (χ3v) is 3.23. The maximum absolute atomic E-state index is 10.3. The quantitative estimate of drug-likeness (QED) is 0.341. The number of rotatable bonds is 6. The zero-order chi connectivity index (χ0) is 18.8. The summed E-state index contributed by atoms with van der Waals surface area (Å²) in [5, 5.41) is 9.55. The number of aldehydes is 1. The SMILES string of the molecule is C=C(C)C[C@]1(C=O)CO1.C=C(C)C[C@]1([C@H](O)C#CC)CO1.O=C=O.